The van der Waals surface area contributed by atoms with Gasteiger partial charge in [0.2, 0.25) is 5.95 Å². The van der Waals surface area contributed by atoms with Crippen molar-refractivity contribution in [3.8, 4) is 17.1 Å². The monoisotopic (exact) mass is 379 g/mol. The van der Waals surface area contributed by atoms with Gasteiger partial charge in [0.15, 0.2) is 0 Å². The first-order chi connectivity index (χ1) is 13.7. The summed E-state index contributed by atoms with van der Waals surface area (Å²) >= 11 is 0. The highest BCUT2D eigenvalue weighted by Gasteiger charge is 2.25. The maximum Gasteiger partial charge on any atom is 0.255 e. The van der Waals surface area contributed by atoms with Gasteiger partial charge in [-0.3, -0.25) is 9.36 Å². The number of benzene rings is 1. The molecule has 8 heteroatoms. The predicted octanol–water partition coefficient (Wildman–Crippen LogP) is 1.82. The van der Waals surface area contributed by atoms with Gasteiger partial charge >= 0.3 is 0 Å². The molecule has 1 aromatic carbocycles. The molecule has 2 aromatic heterocycles. The maximum atomic E-state index is 12.5. The topological polar surface area (TPSA) is 82.4 Å². The van der Waals surface area contributed by atoms with Crippen LogP contribution >= 0.6 is 0 Å². The van der Waals surface area contributed by atoms with Crippen LogP contribution in [0.25, 0.3) is 11.4 Å². The van der Waals surface area contributed by atoms with Crippen molar-refractivity contribution in [1.82, 2.24) is 19.5 Å². The summed E-state index contributed by atoms with van der Waals surface area (Å²) in [4.78, 5) is 27.4. The minimum atomic E-state index is -0.133. The second kappa shape index (κ2) is 7.77. The fourth-order valence-corrected chi connectivity index (χ4v) is 3.23. The number of nitrogens with zero attached hydrogens (tertiary/aromatic N) is 5. The molecule has 0 amide bonds. The van der Waals surface area contributed by atoms with E-state index in [2.05, 4.69) is 14.9 Å². The molecule has 0 unspecified atom stereocenters. The molecule has 3 heterocycles. The van der Waals surface area contributed by atoms with Crippen LogP contribution < -0.4 is 15.2 Å². The molecule has 0 aliphatic carbocycles. The molecule has 0 spiro atoms. The van der Waals surface area contributed by atoms with Crippen molar-refractivity contribution in [2.24, 2.45) is 7.05 Å². The summed E-state index contributed by atoms with van der Waals surface area (Å²) in [6.45, 7) is 1.80. The maximum absolute atomic E-state index is 12.5. The van der Waals surface area contributed by atoms with Crippen LogP contribution in [0.3, 0.4) is 0 Å². The van der Waals surface area contributed by atoms with E-state index in [1.165, 1.54) is 12.4 Å². The molecule has 28 heavy (non-hydrogen) atoms. The predicted molar refractivity (Wildman–Crippen MR) is 104 cm³/mol. The van der Waals surface area contributed by atoms with Gasteiger partial charge in [-0.25, -0.2) is 15.0 Å². The molecule has 4 rings (SSSR count). The number of ether oxygens (including phenoxy) is 2. The Bertz CT molecular complexity index is 1000. The summed E-state index contributed by atoms with van der Waals surface area (Å²) in [6, 6.07) is 11.1. The van der Waals surface area contributed by atoms with Crippen LogP contribution in [0, 0.1) is 0 Å². The number of morpholine rings is 1. The first-order valence-electron chi connectivity index (χ1n) is 9.00. The lowest BCUT2D eigenvalue weighted by atomic mass is 10.1. The van der Waals surface area contributed by atoms with Gasteiger partial charge in [0.25, 0.3) is 5.56 Å². The van der Waals surface area contributed by atoms with E-state index in [9.17, 15) is 4.79 Å². The smallest absolute Gasteiger partial charge is 0.255 e. The molecule has 144 valence electrons. The van der Waals surface area contributed by atoms with Gasteiger partial charge < -0.3 is 14.4 Å². The summed E-state index contributed by atoms with van der Waals surface area (Å²) in [5.41, 5.74) is 2.08. The molecule has 1 aliphatic rings. The van der Waals surface area contributed by atoms with Gasteiger partial charge in [-0.2, -0.15) is 0 Å². The fraction of sp³-hybridized carbons (Fsp3) is 0.300. The third-order valence-electron chi connectivity index (χ3n) is 4.79. The number of anilines is 1. The summed E-state index contributed by atoms with van der Waals surface area (Å²) in [6.07, 6.45) is 2.97. The number of rotatable bonds is 4. The summed E-state index contributed by atoms with van der Waals surface area (Å²) in [7, 11) is 3.37. The normalized spacial score (nSPS) is 16.8. The highest BCUT2D eigenvalue weighted by Crippen LogP contribution is 2.27. The first-order valence-corrected chi connectivity index (χ1v) is 9.00. The van der Waals surface area contributed by atoms with E-state index in [4.69, 9.17) is 14.5 Å². The second-order valence-corrected chi connectivity index (χ2v) is 6.51. The highest BCUT2D eigenvalue weighted by atomic mass is 16.5. The van der Waals surface area contributed by atoms with Gasteiger partial charge in [0.1, 0.15) is 18.2 Å². The fourth-order valence-electron chi connectivity index (χ4n) is 3.23. The third-order valence-corrected chi connectivity index (χ3v) is 4.79. The lowest BCUT2D eigenvalue weighted by Crippen LogP contribution is -2.41. The van der Waals surface area contributed by atoms with Crippen LogP contribution in [0.1, 0.15) is 11.7 Å². The van der Waals surface area contributed by atoms with Crippen molar-refractivity contribution in [1.29, 1.82) is 0 Å². The molecule has 8 nitrogen and oxygen atoms in total. The Morgan fingerprint density at radius 2 is 2.00 bits per heavy atom. The van der Waals surface area contributed by atoms with Crippen molar-refractivity contribution in [3.63, 3.8) is 0 Å². The number of hydrogen-bond acceptors (Lipinski definition) is 7. The van der Waals surface area contributed by atoms with Crippen LogP contribution in [-0.2, 0) is 11.8 Å². The summed E-state index contributed by atoms with van der Waals surface area (Å²) < 4.78 is 12.7. The molecule has 0 saturated carbocycles. The van der Waals surface area contributed by atoms with Crippen molar-refractivity contribution in [2.75, 3.05) is 31.7 Å². The molecule has 1 aliphatic heterocycles. The Labute approximate surface area is 162 Å². The van der Waals surface area contributed by atoms with Crippen molar-refractivity contribution in [3.05, 3.63) is 64.8 Å². The first kappa shape index (κ1) is 18.1. The second-order valence-electron chi connectivity index (χ2n) is 6.51. The van der Waals surface area contributed by atoms with Crippen LogP contribution in [0.15, 0.2) is 53.7 Å². The largest absolute Gasteiger partial charge is 0.497 e. The van der Waals surface area contributed by atoms with E-state index >= 15 is 0 Å². The number of hydrogen-bond donors (Lipinski definition) is 0. The van der Waals surface area contributed by atoms with E-state index in [1.807, 2.05) is 24.3 Å². The Kier molecular flexibility index (Phi) is 5.03. The van der Waals surface area contributed by atoms with Crippen LogP contribution in [0.5, 0.6) is 5.75 Å². The van der Waals surface area contributed by atoms with Gasteiger partial charge in [0, 0.05) is 25.9 Å². The van der Waals surface area contributed by atoms with E-state index in [0.29, 0.717) is 37.0 Å². The Hall–Kier alpha value is -3.26. The number of methoxy groups -OCH3 is 1. The molecule has 0 N–H and O–H groups in total. The van der Waals surface area contributed by atoms with E-state index in [0.717, 1.165) is 11.3 Å². The Morgan fingerprint density at radius 1 is 1.18 bits per heavy atom. The molecule has 3 aromatic rings. The zero-order valence-electron chi connectivity index (χ0n) is 15.8. The highest BCUT2D eigenvalue weighted by molar-refractivity contribution is 5.55. The zero-order valence-corrected chi connectivity index (χ0v) is 15.8. The molecular formula is C20H21N5O3. The number of aromatic nitrogens is 4. The minimum absolute atomic E-state index is 0.112. The molecule has 1 fully saturated rings. The van der Waals surface area contributed by atoms with Gasteiger partial charge in [-0.1, -0.05) is 12.1 Å². The average molecular weight is 379 g/mol. The molecule has 1 saturated heterocycles. The van der Waals surface area contributed by atoms with E-state index in [1.54, 1.807) is 31.0 Å². The van der Waals surface area contributed by atoms with Crippen molar-refractivity contribution >= 4 is 5.95 Å². The standard InChI is InChI=1S/C20H21N5O3/c1-24-19(26)11-17(16-7-8-21-13-22-16)23-20(24)25-9-10-28-18(12-25)14-3-5-15(27-2)6-4-14/h3-8,11,13,18H,9-10,12H2,1-2H3/t18-/m1/s1. The molecule has 0 radical (unpaired) electrons. The van der Waals surface area contributed by atoms with Crippen LogP contribution in [0.4, 0.5) is 5.95 Å². The third kappa shape index (κ3) is 3.59. The minimum Gasteiger partial charge on any atom is -0.497 e. The molecular weight excluding hydrogens is 358 g/mol. The Balaban J connectivity index is 1.64. The van der Waals surface area contributed by atoms with Gasteiger partial charge in [-0.05, 0) is 23.8 Å². The molecule has 0 bridgehead atoms. The van der Waals surface area contributed by atoms with E-state index < -0.39 is 0 Å². The summed E-state index contributed by atoms with van der Waals surface area (Å²) in [5, 5.41) is 0. The SMILES string of the molecule is COc1ccc([C@H]2CN(c3nc(-c4ccncn4)cc(=O)n3C)CCO2)cc1. The average Bonchev–Trinajstić information content (AvgIpc) is 2.76. The van der Waals surface area contributed by atoms with Gasteiger partial charge in [0.05, 0.1) is 31.6 Å². The summed E-state index contributed by atoms with van der Waals surface area (Å²) in [5.74, 6) is 1.40. The van der Waals surface area contributed by atoms with E-state index in [-0.39, 0.29) is 11.7 Å². The zero-order chi connectivity index (χ0) is 19.5. The molecule has 1 atom stereocenters. The Morgan fingerprint density at radius 3 is 2.71 bits per heavy atom. The van der Waals surface area contributed by atoms with Crippen LogP contribution in [0.2, 0.25) is 0 Å². The lowest BCUT2D eigenvalue weighted by molar-refractivity contribution is 0.0389. The van der Waals surface area contributed by atoms with Gasteiger partial charge in [-0.15, -0.1) is 0 Å². The van der Waals surface area contributed by atoms with Crippen LogP contribution in [-0.4, -0.2) is 46.3 Å². The quantitative estimate of drug-likeness (QED) is 0.684. The van der Waals surface area contributed by atoms with Crippen molar-refractivity contribution in [2.45, 2.75) is 6.10 Å². The van der Waals surface area contributed by atoms with Crippen molar-refractivity contribution < 1.29 is 9.47 Å². The lowest BCUT2D eigenvalue weighted by Gasteiger charge is -2.34.